The topological polar surface area (TPSA) is 58.4 Å². The molecule has 0 bridgehead atoms. The van der Waals surface area contributed by atoms with Crippen LogP contribution in [0.3, 0.4) is 0 Å². The normalized spacial score (nSPS) is 12.8. The second-order valence-corrected chi connectivity index (χ2v) is 6.57. The zero-order chi connectivity index (χ0) is 16.2. The van der Waals surface area contributed by atoms with E-state index < -0.39 is 6.10 Å². The molecule has 0 saturated heterocycles. The van der Waals surface area contributed by atoms with Crippen LogP contribution in [0, 0.1) is 0 Å². The highest BCUT2D eigenvalue weighted by Crippen LogP contribution is 2.13. The molecule has 1 atom stereocenters. The van der Waals surface area contributed by atoms with Gasteiger partial charge in [0.05, 0.1) is 24.4 Å². The number of aromatic nitrogens is 2. The SMILES string of the molecule is CN(Cc1ccccc1)CC(O)Cn1cnc2sccc2c1=O. The van der Waals surface area contributed by atoms with Gasteiger partial charge >= 0.3 is 0 Å². The maximum absolute atomic E-state index is 12.3. The minimum Gasteiger partial charge on any atom is -0.390 e. The van der Waals surface area contributed by atoms with Crippen molar-refractivity contribution in [3.63, 3.8) is 0 Å². The van der Waals surface area contributed by atoms with Crippen LogP contribution in [0.15, 0.2) is 52.9 Å². The first-order chi connectivity index (χ1) is 11.1. The summed E-state index contributed by atoms with van der Waals surface area (Å²) in [6.45, 7) is 1.49. The third kappa shape index (κ3) is 3.85. The first kappa shape index (κ1) is 15.9. The molecule has 0 amide bonds. The average molecular weight is 329 g/mol. The van der Waals surface area contributed by atoms with E-state index in [-0.39, 0.29) is 12.1 Å². The van der Waals surface area contributed by atoms with Crippen molar-refractivity contribution in [2.45, 2.75) is 19.2 Å². The number of rotatable bonds is 6. The predicted molar refractivity (Wildman–Crippen MR) is 92.7 cm³/mol. The number of aliphatic hydroxyl groups is 1. The molecule has 0 spiro atoms. The molecule has 5 nitrogen and oxygen atoms in total. The molecular weight excluding hydrogens is 310 g/mol. The largest absolute Gasteiger partial charge is 0.390 e. The van der Waals surface area contributed by atoms with Gasteiger partial charge in [-0.2, -0.15) is 0 Å². The third-order valence-electron chi connectivity index (χ3n) is 3.68. The number of likely N-dealkylation sites (N-methyl/N-ethyl adjacent to an activating group) is 1. The summed E-state index contributed by atoms with van der Waals surface area (Å²) in [5.74, 6) is 0. The molecule has 0 radical (unpaired) electrons. The van der Waals surface area contributed by atoms with Crippen molar-refractivity contribution in [2.24, 2.45) is 0 Å². The maximum Gasteiger partial charge on any atom is 0.262 e. The molecule has 1 aromatic carbocycles. The summed E-state index contributed by atoms with van der Waals surface area (Å²) in [5.41, 5.74) is 1.10. The van der Waals surface area contributed by atoms with Gasteiger partial charge in [0, 0.05) is 13.1 Å². The molecule has 1 unspecified atom stereocenters. The Balaban J connectivity index is 1.63. The second-order valence-electron chi connectivity index (χ2n) is 5.68. The quantitative estimate of drug-likeness (QED) is 0.751. The number of thiophene rings is 1. The zero-order valence-electron chi connectivity index (χ0n) is 12.9. The lowest BCUT2D eigenvalue weighted by Gasteiger charge is -2.21. The highest BCUT2D eigenvalue weighted by molar-refractivity contribution is 7.16. The lowest BCUT2D eigenvalue weighted by molar-refractivity contribution is 0.106. The molecule has 6 heteroatoms. The average Bonchev–Trinajstić information content (AvgIpc) is 3.00. The van der Waals surface area contributed by atoms with Crippen LogP contribution in [0.2, 0.25) is 0 Å². The van der Waals surface area contributed by atoms with Crippen LogP contribution in [0.5, 0.6) is 0 Å². The smallest absolute Gasteiger partial charge is 0.262 e. The second kappa shape index (κ2) is 7.04. The minimum atomic E-state index is -0.626. The Kier molecular flexibility index (Phi) is 4.85. The standard InChI is InChI=1S/C17H19N3O2S/c1-19(9-13-5-3-2-4-6-13)10-14(21)11-20-12-18-16-15(17(20)22)7-8-23-16/h2-8,12,14,21H,9-11H2,1H3. The summed E-state index contributed by atoms with van der Waals surface area (Å²) >= 11 is 1.45. The highest BCUT2D eigenvalue weighted by atomic mass is 32.1. The maximum atomic E-state index is 12.3. The van der Waals surface area contributed by atoms with E-state index in [4.69, 9.17) is 0 Å². The lowest BCUT2D eigenvalue weighted by Crippen LogP contribution is -2.34. The Morgan fingerprint density at radius 1 is 1.30 bits per heavy atom. The zero-order valence-corrected chi connectivity index (χ0v) is 13.7. The Hall–Kier alpha value is -2.02. The van der Waals surface area contributed by atoms with Crippen molar-refractivity contribution >= 4 is 21.6 Å². The van der Waals surface area contributed by atoms with Crippen LogP contribution in [0.25, 0.3) is 10.2 Å². The molecule has 0 aliphatic rings. The van der Waals surface area contributed by atoms with Crippen molar-refractivity contribution in [1.29, 1.82) is 0 Å². The van der Waals surface area contributed by atoms with Crippen molar-refractivity contribution < 1.29 is 5.11 Å². The molecule has 0 aliphatic carbocycles. The Morgan fingerprint density at radius 2 is 2.09 bits per heavy atom. The van der Waals surface area contributed by atoms with Crippen LogP contribution >= 0.6 is 11.3 Å². The Morgan fingerprint density at radius 3 is 2.87 bits per heavy atom. The van der Waals surface area contributed by atoms with Gasteiger partial charge in [-0.1, -0.05) is 30.3 Å². The van der Waals surface area contributed by atoms with E-state index in [1.54, 1.807) is 6.07 Å². The van der Waals surface area contributed by atoms with Crippen LogP contribution in [0.1, 0.15) is 5.56 Å². The molecule has 120 valence electrons. The third-order valence-corrected chi connectivity index (χ3v) is 4.50. The Labute approximate surface area is 138 Å². The molecule has 23 heavy (non-hydrogen) atoms. The number of hydrogen-bond donors (Lipinski definition) is 1. The first-order valence-corrected chi connectivity index (χ1v) is 8.34. The molecule has 0 saturated carbocycles. The number of nitrogens with zero attached hydrogens (tertiary/aromatic N) is 3. The van der Waals surface area contributed by atoms with Crippen LogP contribution in [-0.2, 0) is 13.1 Å². The van der Waals surface area contributed by atoms with Crippen molar-refractivity contribution in [3.8, 4) is 0 Å². The fourth-order valence-electron chi connectivity index (χ4n) is 2.63. The summed E-state index contributed by atoms with van der Waals surface area (Å²) in [6, 6.07) is 11.9. The number of hydrogen-bond acceptors (Lipinski definition) is 5. The van der Waals surface area contributed by atoms with Gasteiger partial charge in [-0.05, 0) is 24.1 Å². The van der Waals surface area contributed by atoms with Gasteiger partial charge in [-0.3, -0.25) is 14.3 Å². The van der Waals surface area contributed by atoms with Crippen LogP contribution < -0.4 is 5.56 Å². The van der Waals surface area contributed by atoms with Crippen molar-refractivity contribution in [1.82, 2.24) is 14.5 Å². The molecular formula is C17H19N3O2S. The molecule has 1 N–H and O–H groups in total. The summed E-state index contributed by atoms with van der Waals surface area (Å²) in [6.07, 6.45) is 0.890. The van der Waals surface area contributed by atoms with E-state index in [1.165, 1.54) is 27.8 Å². The highest BCUT2D eigenvalue weighted by Gasteiger charge is 2.12. The Bertz CT molecular complexity index is 828. The molecule has 0 fully saturated rings. The first-order valence-electron chi connectivity index (χ1n) is 7.46. The monoisotopic (exact) mass is 329 g/mol. The van der Waals surface area contributed by atoms with E-state index in [0.29, 0.717) is 11.9 Å². The van der Waals surface area contributed by atoms with Gasteiger partial charge in [0.1, 0.15) is 4.83 Å². The van der Waals surface area contributed by atoms with Gasteiger partial charge in [-0.25, -0.2) is 4.98 Å². The van der Waals surface area contributed by atoms with Crippen molar-refractivity contribution in [3.05, 3.63) is 64.0 Å². The number of aliphatic hydroxyl groups excluding tert-OH is 1. The number of fused-ring (bicyclic) bond motifs is 1. The van der Waals surface area contributed by atoms with E-state index in [2.05, 4.69) is 17.1 Å². The van der Waals surface area contributed by atoms with Crippen molar-refractivity contribution in [2.75, 3.05) is 13.6 Å². The molecule has 0 aliphatic heterocycles. The fraction of sp³-hybridized carbons (Fsp3) is 0.294. The van der Waals surface area contributed by atoms with Gasteiger partial charge < -0.3 is 5.11 Å². The molecule has 3 rings (SSSR count). The van der Waals surface area contributed by atoms with Gasteiger partial charge in [0.25, 0.3) is 5.56 Å². The molecule has 2 aromatic heterocycles. The minimum absolute atomic E-state index is 0.0963. The van der Waals surface area contributed by atoms with Crippen LogP contribution in [0.4, 0.5) is 0 Å². The van der Waals surface area contributed by atoms with Gasteiger partial charge in [0.2, 0.25) is 0 Å². The summed E-state index contributed by atoms with van der Waals surface area (Å²) in [5, 5.41) is 12.7. The van der Waals surface area contributed by atoms with E-state index >= 15 is 0 Å². The van der Waals surface area contributed by atoms with E-state index in [0.717, 1.165) is 11.4 Å². The van der Waals surface area contributed by atoms with E-state index in [1.807, 2.05) is 35.5 Å². The molecule has 3 aromatic rings. The fourth-order valence-corrected chi connectivity index (χ4v) is 3.35. The van der Waals surface area contributed by atoms with Gasteiger partial charge in [0.15, 0.2) is 0 Å². The molecule has 2 heterocycles. The van der Waals surface area contributed by atoms with Crippen LogP contribution in [-0.4, -0.2) is 39.3 Å². The van der Waals surface area contributed by atoms with E-state index in [9.17, 15) is 9.90 Å². The summed E-state index contributed by atoms with van der Waals surface area (Å²) in [7, 11) is 1.96. The summed E-state index contributed by atoms with van der Waals surface area (Å²) in [4.78, 5) is 19.3. The van der Waals surface area contributed by atoms with Gasteiger partial charge in [-0.15, -0.1) is 11.3 Å². The lowest BCUT2D eigenvalue weighted by atomic mass is 10.2. The number of benzene rings is 1. The summed E-state index contributed by atoms with van der Waals surface area (Å²) < 4.78 is 1.48. The predicted octanol–water partition coefficient (Wildman–Crippen LogP) is 1.95.